The zero-order valence-electron chi connectivity index (χ0n) is 12.9. The van der Waals surface area contributed by atoms with Gasteiger partial charge in [-0.1, -0.05) is 25.0 Å². The first-order chi connectivity index (χ1) is 10.6. The second-order valence-corrected chi connectivity index (χ2v) is 6.67. The fourth-order valence-electron chi connectivity index (χ4n) is 3.92. The molecule has 4 heteroatoms. The summed E-state index contributed by atoms with van der Waals surface area (Å²) in [5, 5.41) is 12.5. The Bertz CT molecular complexity index is 588. The highest BCUT2D eigenvalue weighted by molar-refractivity contribution is 5.95. The molecule has 1 saturated carbocycles. The van der Waals surface area contributed by atoms with Gasteiger partial charge in [0.2, 0.25) is 5.91 Å². The van der Waals surface area contributed by atoms with Crippen LogP contribution in [0.1, 0.15) is 56.1 Å². The molecule has 2 aliphatic carbocycles. The second-order valence-electron chi connectivity index (χ2n) is 6.67. The van der Waals surface area contributed by atoms with E-state index in [4.69, 9.17) is 0 Å². The van der Waals surface area contributed by atoms with Crippen molar-refractivity contribution in [1.82, 2.24) is 0 Å². The summed E-state index contributed by atoms with van der Waals surface area (Å²) in [6, 6.07) is 6.03. The van der Waals surface area contributed by atoms with Crippen LogP contribution in [0.25, 0.3) is 0 Å². The standard InChI is InChI=1S/C18H23NO3/c20-16(12-18(17(21)22)10-3-4-11-18)19-15-9-5-7-13-6-1-2-8-14(13)15/h5,7,9H,1-4,6,8,10-12H2,(H,19,20)(H,21,22). The lowest BCUT2D eigenvalue weighted by Gasteiger charge is -2.24. The molecule has 1 amide bonds. The Balaban J connectivity index is 1.73. The minimum Gasteiger partial charge on any atom is -0.481 e. The smallest absolute Gasteiger partial charge is 0.310 e. The van der Waals surface area contributed by atoms with Crippen molar-refractivity contribution in [3.8, 4) is 0 Å². The number of anilines is 1. The number of amides is 1. The van der Waals surface area contributed by atoms with Gasteiger partial charge in [-0.05, 0) is 55.7 Å². The Morgan fingerprint density at radius 1 is 1.09 bits per heavy atom. The molecule has 0 atom stereocenters. The number of carbonyl (C=O) groups is 2. The van der Waals surface area contributed by atoms with Gasteiger partial charge in [-0.15, -0.1) is 0 Å². The number of hydrogen-bond donors (Lipinski definition) is 2. The maximum absolute atomic E-state index is 12.4. The quantitative estimate of drug-likeness (QED) is 0.894. The predicted molar refractivity (Wildman–Crippen MR) is 84.9 cm³/mol. The van der Waals surface area contributed by atoms with Gasteiger partial charge in [0.25, 0.3) is 0 Å². The van der Waals surface area contributed by atoms with Gasteiger partial charge < -0.3 is 10.4 Å². The second kappa shape index (κ2) is 6.11. The van der Waals surface area contributed by atoms with Crippen molar-refractivity contribution in [3.63, 3.8) is 0 Å². The summed E-state index contributed by atoms with van der Waals surface area (Å²) in [5.74, 6) is -0.987. The number of carboxylic acids is 1. The normalized spacial score (nSPS) is 19.5. The van der Waals surface area contributed by atoms with Crippen molar-refractivity contribution in [2.45, 2.75) is 57.8 Å². The van der Waals surface area contributed by atoms with E-state index in [1.165, 1.54) is 17.5 Å². The number of carbonyl (C=O) groups excluding carboxylic acids is 1. The van der Waals surface area contributed by atoms with E-state index in [9.17, 15) is 14.7 Å². The molecule has 118 valence electrons. The minimum absolute atomic E-state index is 0.0893. The molecular formula is C18H23NO3. The summed E-state index contributed by atoms with van der Waals surface area (Å²) in [7, 11) is 0. The van der Waals surface area contributed by atoms with Crippen LogP contribution in [-0.2, 0) is 22.4 Å². The molecule has 0 heterocycles. The van der Waals surface area contributed by atoms with Gasteiger partial charge in [-0.25, -0.2) is 0 Å². The molecular weight excluding hydrogens is 278 g/mol. The van der Waals surface area contributed by atoms with Crippen LogP contribution in [0, 0.1) is 5.41 Å². The van der Waals surface area contributed by atoms with Gasteiger partial charge in [0, 0.05) is 12.1 Å². The van der Waals surface area contributed by atoms with Crippen LogP contribution < -0.4 is 5.32 Å². The number of nitrogens with one attached hydrogen (secondary N) is 1. The number of fused-ring (bicyclic) bond motifs is 1. The number of benzene rings is 1. The largest absolute Gasteiger partial charge is 0.481 e. The molecule has 0 bridgehead atoms. The third kappa shape index (κ3) is 2.87. The molecule has 0 radical (unpaired) electrons. The molecule has 0 spiro atoms. The molecule has 1 aromatic carbocycles. The van der Waals surface area contributed by atoms with E-state index >= 15 is 0 Å². The summed E-state index contributed by atoms with van der Waals surface area (Å²) in [4.78, 5) is 24.0. The highest BCUT2D eigenvalue weighted by Crippen LogP contribution is 2.41. The van der Waals surface area contributed by atoms with Crippen molar-refractivity contribution in [1.29, 1.82) is 0 Å². The molecule has 22 heavy (non-hydrogen) atoms. The minimum atomic E-state index is -0.848. The van der Waals surface area contributed by atoms with E-state index in [0.717, 1.165) is 37.8 Å². The van der Waals surface area contributed by atoms with Gasteiger partial charge >= 0.3 is 5.97 Å². The molecule has 1 fully saturated rings. The fourth-order valence-corrected chi connectivity index (χ4v) is 3.92. The average Bonchev–Trinajstić information content (AvgIpc) is 2.97. The molecule has 0 unspecified atom stereocenters. The molecule has 3 rings (SSSR count). The maximum atomic E-state index is 12.4. The lowest BCUT2D eigenvalue weighted by atomic mass is 9.82. The Morgan fingerprint density at radius 2 is 1.82 bits per heavy atom. The Hall–Kier alpha value is -1.84. The van der Waals surface area contributed by atoms with Gasteiger partial charge in [0.1, 0.15) is 0 Å². The number of hydrogen-bond acceptors (Lipinski definition) is 2. The van der Waals surface area contributed by atoms with Crippen molar-refractivity contribution in [2.75, 3.05) is 5.32 Å². The van der Waals surface area contributed by atoms with Crippen molar-refractivity contribution < 1.29 is 14.7 Å². The van der Waals surface area contributed by atoms with Crippen molar-refractivity contribution in [3.05, 3.63) is 29.3 Å². The number of rotatable bonds is 4. The van der Waals surface area contributed by atoms with Gasteiger partial charge in [0.15, 0.2) is 0 Å². The molecule has 1 aromatic rings. The van der Waals surface area contributed by atoms with Crippen molar-refractivity contribution >= 4 is 17.6 Å². The summed E-state index contributed by atoms with van der Waals surface area (Å²) in [6.07, 6.45) is 7.54. The zero-order valence-corrected chi connectivity index (χ0v) is 12.9. The highest BCUT2D eigenvalue weighted by Gasteiger charge is 2.43. The van der Waals surface area contributed by atoms with Gasteiger partial charge in [-0.3, -0.25) is 9.59 Å². The Labute approximate surface area is 130 Å². The van der Waals surface area contributed by atoms with Gasteiger partial charge in [0.05, 0.1) is 5.41 Å². The summed E-state index contributed by atoms with van der Waals surface area (Å²) in [5.41, 5.74) is 2.58. The van der Waals surface area contributed by atoms with E-state index in [-0.39, 0.29) is 12.3 Å². The van der Waals surface area contributed by atoms with E-state index < -0.39 is 11.4 Å². The van der Waals surface area contributed by atoms with E-state index in [2.05, 4.69) is 11.4 Å². The van der Waals surface area contributed by atoms with Crippen molar-refractivity contribution in [2.24, 2.45) is 5.41 Å². The Kier molecular flexibility index (Phi) is 4.19. The number of carboxylic acid groups (broad SMARTS) is 1. The molecule has 0 aromatic heterocycles. The molecule has 0 saturated heterocycles. The van der Waals surface area contributed by atoms with Crippen LogP contribution in [0.3, 0.4) is 0 Å². The topological polar surface area (TPSA) is 66.4 Å². The van der Waals surface area contributed by atoms with Crippen LogP contribution in [0.15, 0.2) is 18.2 Å². The van der Waals surface area contributed by atoms with Crippen LogP contribution >= 0.6 is 0 Å². The van der Waals surface area contributed by atoms with E-state index in [0.29, 0.717) is 12.8 Å². The number of aryl methyl sites for hydroxylation is 1. The van der Waals surface area contributed by atoms with E-state index in [1.54, 1.807) is 0 Å². The lowest BCUT2D eigenvalue weighted by molar-refractivity contribution is -0.150. The van der Waals surface area contributed by atoms with Crippen LogP contribution in [-0.4, -0.2) is 17.0 Å². The maximum Gasteiger partial charge on any atom is 0.310 e. The molecule has 2 N–H and O–H groups in total. The van der Waals surface area contributed by atoms with Crippen LogP contribution in [0.5, 0.6) is 0 Å². The first kappa shape index (κ1) is 15.1. The van der Waals surface area contributed by atoms with Crippen LogP contribution in [0.2, 0.25) is 0 Å². The first-order valence-electron chi connectivity index (χ1n) is 8.25. The zero-order chi connectivity index (χ0) is 15.6. The highest BCUT2D eigenvalue weighted by atomic mass is 16.4. The molecule has 4 nitrogen and oxygen atoms in total. The molecule has 2 aliphatic rings. The number of aliphatic carboxylic acids is 1. The van der Waals surface area contributed by atoms with Crippen LogP contribution in [0.4, 0.5) is 5.69 Å². The third-order valence-corrected chi connectivity index (χ3v) is 5.18. The first-order valence-corrected chi connectivity index (χ1v) is 8.25. The lowest BCUT2D eigenvalue weighted by Crippen LogP contribution is -2.33. The Morgan fingerprint density at radius 3 is 2.55 bits per heavy atom. The van der Waals surface area contributed by atoms with E-state index in [1.807, 2.05) is 12.1 Å². The third-order valence-electron chi connectivity index (χ3n) is 5.18. The SMILES string of the molecule is O=C(CC1(C(=O)O)CCCC1)Nc1cccc2c1CCCC2. The summed E-state index contributed by atoms with van der Waals surface area (Å²) in [6.45, 7) is 0. The predicted octanol–water partition coefficient (Wildman–Crippen LogP) is 3.54. The fraction of sp³-hybridized carbons (Fsp3) is 0.556. The summed E-state index contributed by atoms with van der Waals surface area (Å²) < 4.78 is 0. The summed E-state index contributed by atoms with van der Waals surface area (Å²) >= 11 is 0. The van der Waals surface area contributed by atoms with Gasteiger partial charge in [-0.2, -0.15) is 0 Å². The monoisotopic (exact) mass is 301 g/mol. The molecule has 0 aliphatic heterocycles. The average molecular weight is 301 g/mol.